The van der Waals surface area contributed by atoms with E-state index in [4.69, 9.17) is 42.9 Å². The molecule has 0 aliphatic heterocycles. The summed E-state index contributed by atoms with van der Waals surface area (Å²) in [4.78, 5) is 17.6. The average Bonchev–Trinajstić information content (AvgIpc) is 3.35. The molecule has 0 spiro atoms. The summed E-state index contributed by atoms with van der Waals surface area (Å²) in [7, 11) is 1.59. The van der Waals surface area contributed by atoms with Gasteiger partial charge in [-0.3, -0.25) is 0 Å². The van der Waals surface area contributed by atoms with Gasteiger partial charge < -0.3 is 20.3 Å². The van der Waals surface area contributed by atoms with Crippen molar-refractivity contribution in [2.75, 3.05) is 19.0 Å². The lowest BCUT2D eigenvalue weighted by atomic mass is 9.95. The second kappa shape index (κ2) is 14.0. The predicted octanol–water partition coefficient (Wildman–Crippen LogP) is 7.42. The van der Waals surface area contributed by atoms with E-state index in [1.165, 1.54) is 31.2 Å². The molecule has 188 valence electrons. The minimum atomic E-state index is -1.83. The number of anilines is 1. The molecule has 2 aromatic carbocycles. The number of methoxy groups -OCH3 is 1. The Morgan fingerprint density at radius 1 is 1.09 bits per heavy atom. The topological polar surface area (TPSA) is 105 Å². The zero-order chi connectivity index (χ0) is 24.5. The van der Waals surface area contributed by atoms with Crippen LogP contribution in [0.4, 0.5) is 10.6 Å². The molecule has 0 amide bonds. The van der Waals surface area contributed by atoms with Crippen LogP contribution in [0.5, 0.6) is 6.01 Å². The molecule has 1 heterocycles. The fourth-order valence-corrected chi connectivity index (χ4v) is 4.52. The molecule has 3 aromatic rings. The van der Waals surface area contributed by atoms with Crippen molar-refractivity contribution in [1.82, 2.24) is 9.97 Å². The molecule has 10 heteroatoms. The van der Waals surface area contributed by atoms with Crippen molar-refractivity contribution < 1.29 is 19.7 Å². The summed E-state index contributed by atoms with van der Waals surface area (Å²) in [6, 6.07) is 16.6. The Bertz CT molecular complexity index is 1120. The van der Waals surface area contributed by atoms with Gasteiger partial charge in [0.05, 0.1) is 12.8 Å². The quantitative estimate of drug-likeness (QED) is 0.286. The monoisotopic (exact) mass is 539 g/mol. The summed E-state index contributed by atoms with van der Waals surface area (Å²) in [5.74, 6) is 1.39. The summed E-state index contributed by atoms with van der Waals surface area (Å²) in [6.45, 7) is 0.684. The minimum Gasteiger partial charge on any atom is -0.467 e. The van der Waals surface area contributed by atoms with Gasteiger partial charge in [0.25, 0.3) is 0 Å². The van der Waals surface area contributed by atoms with Crippen molar-refractivity contribution in [2.24, 2.45) is 0 Å². The number of ether oxygens (including phenoxy) is 1. The second-order valence-corrected chi connectivity index (χ2v) is 8.77. The van der Waals surface area contributed by atoms with Crippen molar-refractivity contribution in [3.63, 3.8) is 0 Å². The normalized spacial score (nSPS) is 12.8. The maximum Gasteiger partial charge on any atom is 0.503 e. The van der Waals surface area contributed by atoms with Gasteiger partial charge in [0.1, 0.15) is 5.82 Å². The van der Waals surface area contributed by atoms with Crippen molar-refractivity contribution in [3.8, 4) is 17.3 Å². The first-order chi connectivity index (χ1) is 16.4. The largest absolute Gasteiger partial charge is 0.503 e. The van der Waals surface area contributed by atoms with E-state index in [0.29, 0.717) is 28.5 Å². The number of rotatable bonds is 7. The van der Waals surface area contributed by atoms with Gasteiger partial charge in [-0.2, -0.15) is 9.97 Å². The van der Waals surface area contributed by atoms with Gasteiger partial charge in [0, 0.05) is 28.2 Å². The summed E-state index contributed by atoms with van der Waals surface area (Å²) in [5.41, 5.74) is 4.38. The lowest BCUT2D eigenvalue weighted by Gasteiger charge is -2.13. The molecule has 35 heavy (non-hydrogen) atoms. The van der Waals surface area contributed by atoms with E-state index in [9.17, 15) is 0 Å². The van der Waals surface area contributed by atoms with Crippen LogP contribution in [0.15, 0.2) is 48.5 Å². The zero-order valence-corrected chi connectivity index (χ0v) is 21.5. The molecular formula is C25H28Cl3N3O4. The summed E-state index contributed by atoms with van der Waals surface area (Å²) in [5, 5.41) is 18.6. The Kier molecular flexibility index (Phi) is 11.4. The van der Waals surface area contributed by atoms with Gasteiger partial charge in [-0.05, 0) is 54.5 Å². The van der Waals surface area contributed by atoms with Gasteiger partial charge in [-0.25, -0.2) is 4.79 Å². The number of hydrogen-bond acceptors (Lipinski definition) is 5. The third kappa shape index (κ3) is 8.76. The smallest absolute Gasteiger partial charge is 0.467 e. The molecule has 0 radical (unpaired) electrons. The SMILES string of the molecule is COc1nc(NCCc2ccc(Cl)cc2Cl)cc(-c2cccc(C3CCCC3)c2)n1.Cl.O=C(O)O. The molecular weight excluding hydrogens is 513 g/mol. The third-order valence-corrected chi connectivity index (χ3v) is 6.20. The highest BCUT2D eigenvalue weighted by molar-refractivity contribution is 6.35. The molecule has 0 bridgehead atoms. The van der Waals surface area contributed by atoms with Crippen LogP contribution in [0.25, 0.3) is 11.3 Å². The summed E-state index contributed by atoms with van der Waals surface area (Å²) in [6.07, 6.45) is 4.12. The van der Waals surface area contributed by atoms with E-state index in [2.05, 4.69) is 39.6 Å². The van der Waals surface area contributed by atoms with Crippen molar-refractivity contribution in [3.05, 3.63) is 69.7 Å². The molecule has 0 atom stereocenters. The molecule has 3 N–H and O–H groups in total. The molecule has 1 aliphatic rings. The fourth-order valence-electron chi connectivity index (χ4n) is 4.02. The highest BCUT2D eigenvalue weighted by Crippen LogP contribution is 2.35. The average molecular weight is 541 g/mol. The minimum absolute atomic E-state index is 0. The molecule has 1 fully saturated rings. The Morgan fingerprint density at radius 3 is 2.46 bits per heavy atom. The van der Waals surface area contributed by atoms with Crippen LogP contribution in [0, 0.1) is 0 Å². The molecule has 1 saturated carbocycles. The first-order valence-corrected chi connectivity index (χ1v) is 11.7. The van der Waals surface area contributed by atoms with Crippen LogP contribution in [-0.4, -0.2) is 40.0 Å². The van der Waals surface area contributed by atoms with Crippen molar-refractivity contribution >= 4 is 47.6 Å². The Labute approximate surface area is 220 Å². The fraction of sp³-hybridized carbons (Fsp3) is 0.320. The van der Waals surface area contributed by atoms with Crippen LogP contribution in [-0.2, 0) is 6.42 Å². The van der Waals surface area contributed by atoms with Gasteiger partial charge in [0.2, 0.25) is 0 Å². The van der Waals surface area contributed by atoms with E-state index in [0.717, 1.165) is 29.1 Å². The predicted molar refractivity (Wildman–Crippen MR) is 142 cm³/mol. The molecule has 4 rings (SSSR count). The molecule has 7 nitrogen and oxygen atoms in total. The zero-order valence-electron chi connectivity index (χ0n) is 19.2. The van der Waals surface area contributed by atoms with Gasteiger partial charge >= 0.3 is 12.2 Å². The van der Waals surface area contributed by atoms with Crippen LogP contribution in [0.2, 0.25) is 10.0 Å². The van der Waals surface area contributed by atoms with Crippen LogP contribution >= 0.6 is 35.6 Å². The van der Waals surface area contributed by atoms with E-state index in [-0.39, 0.29) is 12.4 Å². The first-order valence-electron chi connectivity index (χ1n) is 11.0. The summed E-state index contributed by atoms with van der Waals surface area (Å²) < 4.78 is 5.35. The molecule has 1 aromatic heterocycles. The number of carbonyl (C=O) groups is 1. The van der Waals surface area contributed by atoms with Crippen LogP contribution in [0.3, 0.4) is 0 Å². The maximum absolute atomic E-state index is 8.56. The summed E-state index contributed by atoms with van der Waals surface area (Å²) >= 11 is 12.3. The number of aromatic nitrogens is 2. The number of nitrogens with one attached hydrogen (secondary N) is 1. The molecule has 0 saturated heterocycles. The van der Waals surface area contributed by atoms with E-state index < -0.39 is 6.16 Å². The van der Waals surface area contributed by atoms with Crippen molar-refractivity contribution in [1.29, 1.82) is 0 Å². The number of carboxylic acid groups (broad SMARTS) is 2. The molecule has 0 unspecified atom stereocenters. The lowest BCUT2D eigenvalue weighted by molar-refractivity contribution is 0.137. The lowest BCUT2D eigenvalue weighted by Crippen LogP contribution is -2.08. The molecule has 1 aliphatic carbocycles. The van der Waals surface area contributed by atoms with E-state index in [1.807, 2.05) is 18.2 Å². The second-order valence-electron chi connectivity index (χ2n) is 7.93. The number of hydrogen-bond donors (Lipinski definition) is 3. The van der Waals surface area contributed by atoms with E-state index in [1.54, 1.807) is 13.2 Å². The Balaban J connectivity index is 0.000000804. The van der Waals surface area contributed by atoms with Crippen LogP contribution in [0.1, 0.15) is 42.7 Å². The van der Waals surface area contributed by atoms with Crippen LogP contribution < -0.4 is 10.1 Å². The Hall–Kier alpha value is -2.74. The van der Waals surface area contributed by atoms with Gasteiger partial charge in [-0.15, -0.1) is 12.4 Å². The number of halogens is 3. The standard InChI is InChI=1S/C24H25Cl2N3O.CH2O3.ClH/c1-30-24-28-22(19-8-4-7-18(13-19)16-5-2-3-6-16)15-23(29-24)27-12-11-17-9-10-20(25)14-21(17)26;2-1(3)4;/h4,7-10,13-16H,2-3,5-6,11-12H2,1H3,(H,27,28,29);(H2,2,3,4);1H. The van der Waals surface area contributed by atoms with Gasteiger partial charge in [0.15, 0.2) is 0 Å². The van der Waals surface area contributed by atoms with E-state index >= 15 is 0 Å². The third-order valence-electron chi connectivity index (χ3n) is 5.61. The number of nitrogens with zero attached hydrogens (tertiary/aromatic N) is 2. The number of benzene rings is 2. The highest BCUT2D eigenvalue weighted by atomic mass is 35.5. The van der Waals surface area contributed by atoms with Gasteiger partial charge in [-0.1, -0.05) is 60.3 Å². The maximum atomic E-state index is 8.56. The first kappa shape index (κ1) is 28.5. The highest BCUT2D eigenvalue weighted by Gasteiger charge is 2.18. The van der Waals surface area contributed by atoms with Crippen molar-refractivity contribution in [2.45, 2.75) is 38.0 Å². The Morgan fingerprint density at radius 2 is 1.80 bits per heavy atom.